The molecule has 1 aromatic rings. The van der Waals surface area contributed by atoms with Crippen molar-refractivity contribution in [2.24, 2.45) is 5.41 Å². The molecule has 0 spiro atoms. The monoisotopic (exact) mass is 318 g/mol. The van der Waals surface area contributed by atoms with Crippen molar-refractivity contribution in [3.8, 4) is 0 Å². The van der Waals surface area contributed by atoms with E-state index in [1.165, 1.54) is 11.1 Å². The van der Waals surface area contributed by atoms with E-state index in [0.717, 1.165) is 25.9 Å². The molecule has 1 aromatic carbocycles. The molecule has 1 aliphatic heterocycles. The Bertz CT molecular complexity index is 522. The minimum Gasteiger partial charge on any atom is -0.390 e. The van der Waals surface area contributed by atoms with Gasteiger partial charge in [0.2, 0.25) is 5.91 Å². The number of amides is 1. The van der Waals surface area contributed by atoms with E-state index in [4.69, 9.17) is 0 Å². The number of hydrogen-bond donors (Lipinski definition) is 2. The molecule has 0 saturated heterocycles. The molecule has 2 N–H and O–H groups in total. The first-order valence-corrected chi connectivity index (χ1v) is 8.57. The maximum atomic E-state index is 11.8. The Balaban J connectivity index is 1.69. The van der Waals surface area contributed by atoms with Crippen molar-refractivity contribution in [2.45, 2.75) is 52.7 Å². The predicted octanol–water partition coefficient (Wildman–Crippen LogP) is 2.35. The second kappa shape index (κ2) is 7.93. The van der Waals surface area contributed by atoms with E-state index >= 15 is 0 Å². The number of β-amino-alcohol motifs (C(OH)–C–C–N with tert-alkyl or cyclic N) is 1. The van der Waals surface area contributed by atoms with Crippen LogP contribution in [0.25, 0.3) is 0 Å². The normalized spacial score (nSPS) is 16.7. The molecule has 1 unspecified atom stereocenters. The van der Waals surface area contributed by atoms with Crippen LogP contribution in [0.15, 0.2) is 24.3 Å². The van der Waals surface area contributed by atoms with Crippen LogP contribution in [-0.4, -0.2) is 41.7 Å². The van der Waals surface area contributed by atoms with Gasteiger partial charge in [0.25, 0.3) is 0 Å². The van der Waals surface area contributed by atoms with Gasteiger partial charge in [0.15, 0.2) is 0 Å². The van der Waals surface area contributed by atoms with Crippen molar-refractivity contribution in [1.29, 1.82) is 0 Å². The molecule has 1 aliphatic rings. The van der Waals surface area contributed by atoms with Gasteiger partial charge in [-0.1, -0.05) is 45.0 Å². The highest BCUT2D eigenvalue weighted by molar-refractivity contribution is 5.75. The van der Waals surface area contributed by atoms with Gasteiger partial charge in [0.1, 0.15) is 0 Å². The van der Waals surface area contributed by atoms with E-state index in [2.05, 4.69) is 55.3 Å². The van der Waals surface area contributed by atoms with Gasteiger partial charge in [-0.2, -0.15) is 0 Å². The molecule has 23 heavy (non-hydrogen) atoms. The summed E-state index contributed by atoms with van der Waals surface area (Å²) in [5, 5.41) is 13.0. The molecule has 128 valence electrons. The van der Waals surface area contributed by atoms with E-state index in [1.54, 1.807) is 0 Å². The number of carbonyl (C=O) groups is 1. The standard InChI is InChI=1S/C19H30N2O2/c1-19(2,3)10-8-18(23)20-12-17(22)14-21-11-9-15-6-4-5-7-16(15)13-21/h4-7,17,22H,8-14H2,1-3H3,(H,20,23). The van der Waals surface area contributed by atoms with E-state index in [1.807, 2.05) is 0 Å². The maximum Gasteiger partial charge on any atom is 0.220 e. The summed E-state index contributed by atoms with van der Waals surface area (Å²) < 4.78 is 0. The molecule has 4 heteroatoms. The van der Waals surface area contributed by atoms with Crippen LogP contribution in [0.4, 0.5) is 0 Å². The summed E-state index contributed by atoms with van der Waals surface area (Å²) in [5.74, 6) is 0.0305. The van der Waals surface area contributed by atoms with Crippen LogP contribution in [0.1, 0.15) is 44.7 Å². The van der Waals surface area contributed by atoms with Gasteiger partial charge in [-0.05, 0) is 29.4 Å². The van der Waals surface area contributed by atoms with Crippen molar-refractivity contribution in [1.82, 2.24) is 10.2 Å². The third kappa shape index (κ3) is 6.32. The zero-order valence-electron chi connectivity index (χ0n) is 14.6. The lowest BCUT2D eigenvalue weighted by molar-refractivity contribution is -0.122. The highest BCUT2D eigenvalue weighted by atomic mass is 16.3. The van der Waals surface area contributed by atoms with Crippen LogP contribution in [0.5, 0.6) is 0 Å². The van der Waals surface area contributed by atoms with Crippen LogP contribution in [-0.2, 0) is 17.8 Å². The number of aliphatic hydroxyl groups excluding tert-OH is 1. The van der Waals surface area contributed by atoms with E-state index in [9.17, 15) is 9.90 Å². The lowest BCUT2D eigenvalue weighted by Gasteiger charge is -2.30. The fourth-order valence-corrected chi connectivity index (χ4v) is 2.88. The van der Waals surface area contributed by atoms with E-state index < -0.39 is 6.10 Å². The van der Waals surface area contributed by atoms with Crippen molar-refractivity contribution in [3.05, 3.63) is 35.4 Å². The molecule has 0 bridgehead atoms. The van der Waals surface area contributed by atoms with Crippen molar-refractivity contribution >= 4 is 5.91 Å². The van der Waals surface area contributed by atoms with Gasteiger partial charge in [-0.15, -0.1) is 0 Å². The van der Waals surface area contributed by atoms with Crippen LogP contribution in [0, 0.1) is 5.41 Å². The first kappa shape index (κ1) is 18.0. The molecule has 1 heterocycles. The summed E-state index contributed by atoms with van der Waals surface area (Å²) in [4.78, 5) is 14.1. The highest BCUT2D eigenvalue weighted by Crippen LogP contribution is 2.20. The maximum absolute atomic E-state index is 11.8. The van der Waals surface area contributed by atoms with Gasteiger partial charge in [-0.25, -0.2) is 0 Å². The van der Waals surface area contributed by atoms with Gasteiger partial charge in [0.05, 0.1) is 6.10 Å². The minimum atomic E-state index is -0.515. The number of carbonyl (C=O) groups excluding carboxylic acids is 1. The number of rotatable bonds is 6. The Morgan fingerprint density at radius 1 is 1.30 bits per heavy atom. The van der Waals surface area contributed by atoms with Crippen LogP contribution in [0.3, 0.4) is 0 Å². The topological polar surface area (TPSA) is 52.6 Å². The molecule has 0 radical (unpaired) electrons. The smallest absolute Gasteiger partial charge is 0.220 e. The predicted molar refractivity (Wildman–Crippen MR) is 93.1 cm³/mol. The zero-order valence-corrected chi connectivity index (χ0v) is 14.6. The van der Waals surface area contributed by atoms with Crippen LogP contribution < -0.4 is 5.32 Å². The minimum absolute atomic E-state index is 0.0305. The number of benzene rings is 1. The quantitative estimate of drug-likeness (QED) is 0.846. The number of fused-ring (bicyclic) bond motifs is 1. The Morgan fingerprint density at radius 3 is 2.70 bits per heavy atom. The van der Waals surface area contributed by atoms with E-state index in [-0.39, 0.29) is 11.3 Å². The Kier molecular flexibility index (Phi) is 6.19. The number of hydrogen-bond acceptors (Lipinski definition) is 3. The summed E-state index contributed by atoms with van der Waals surface area (Å²) in [6.07, 6.45) is 1.89. The Labute approximate surface area is 139 Å². The molecular formula is C19H30N2O2. The third-order valence-corrected chi connectivity index (χ3v) is 4.32. The lowest BCUT2D eigenvalue weighted by atomic mass is 9.90. The largest absolute Gasteiger partial charge is 0.390 e. The van der Waals surface area contributed by atoms with Gasteiger partial charge in [0, 0.05) is 32.6 Å². The van der Waals surface area contributed by atoms with Gasteiger partial charge < -0.3 is 10.4 Å². The number of nitrogens with zero attached hydrogens (tertiary/aromatic N) is 1. The molecule has 2 rings (SSSR count). The average Bonchev–Trinajstić information content (AvgIpc) is 2.50. The van der Waals surface area contributed by atoms with E-state index in [0.29, 0.717) is 19.5 Å². The molecule has 0 fully saturated rings. The average molecular weight is 318 g/mol. The number of aliphatic hydroxyl groups is 1. The first-order valence-electron chi connectivity index (χ1n) is 8.57. The van der Waals surface area contributed by atoms with Gasteiger partial charge in [-0.3, -0.25) is 9.69 Å². The fourth-order valence-electron chi connectivity index (χ4n) is 2.88. The van der Waals surface area contributed by atoms with Crippen molar-refractivity contribution in [2.75, 3.05) is 19.6 Å². The number of nitrogens with one attached hydrogen (secondary N) is 1. The second-order valence-electron chi connectivity index (χ2n) is 7.77. The van der Waals surface area contributed by atoms with Crippen molar-refractivity contribution in [3.63, 3.8) is 0 Å². The third-order valence-electron chi connectivity index (χ3n) is 4.32. The molecular weight excluding hydrogens is 288 g/mol. The van der Waals surface area contributed by atoms with Crippen molar-refractivity contribution < 1.29 is 9.90 Å². The SMILES string of the molecule is CC(C)(C)CCC(=O)NCC(O)CN1CCc2ccccc2C1. The molecule has 0 aromatic heterocycles. The fraction of sp³-hybridized carbons (Fsp3) is 0.632. The van der Waals surface area contributed by atoms with Gasteiger partial charge >= 0.3 is 0 Å². The summed E-state index contributed by atoms with van der Waals surface area (Å²) in [5.41, 5.74) is 2.92. The molecule has 1 atom stereocenters. The van der Waals surface area contributed by atoms with Crippen LogP contribution >= 0.6 is 0 Å². The molecule has 1 amide bonds. The summed E-state index contributed by atoms with van der Waals surface area (Å²) in [7, 11) is 0. The molecule has 0 aliphatic carbocycles. The lowest BCUT2D eigenvalue weighted by Crippen LogP contribution is -2.42. The highest BCUT2D eigenvalue weighted by Gasteiger charge is 2.19. The molecule has 0 saturated carbocycles. The molecule has 4 nitrogen and oxygen atoms in total. The zero-order chi connectivity index (χ0) is 16.9. The Morgan fingerprint density at radius 2 is 2.00 bits per heavy atom. The first-order chi connectivity index (χ1) is 10.8. The second-order valence-corrected chi connectivity index (χ2v) is 7.77. The summed E-state index contributed by atoms with van der Waals surface area (Å²) in [6.45, 7) is 9.17. The Hall–Kier alpha value is -1.39. The van der Waals surface area contributed by atoms with Crippen LogP contribution in [0.2, 0.25) is 0 Å². The summed E-state index contributed by atoms with van der Waals surface area (Å²) >= 11 is 0. The summed E-state index contributed by atoms with van der Waals surface area (Å²) in [6, 6.07) is 8.48.